The van der Waals surface area contributed by atoms with E-state index in [4.69, 9.17) is 0 Å². The minimum Gasteiger partial charge on any atom is -0.480 e. The fourth-order valence-electron chi connectivity index (χ4n) is 3.22. The lowest BCUT2D eigenvalue weighted by Gasteiger charge is -2.38. The molecule has 2 N–H and O–H groups in total. The second-order valence-electron chi connectivity index (χ2n) is 6.52. The smallest absolute Gasteiger partial charge is 0.321 e. The van der Waals surface area contributed by atoms with Gasteiger partial charge in [-0.15, -0.1) is 0 Å². The molecular weight excluding hydrogens is 286 g/mol. The monoisotopic (exact) mass is 309 g/mol. The summed E-state index contributed by atoms with van der Waals surface area (Å²) in [6.45, 7) is 2.09. The number of hydrogen-bond donors (Lipinski definition) is 2. The van der Waals surface area contributed by atoms with Crippen LogP contribution < -0.4 is 5.32 Å². The molecule has 1 fully saturated rings. The van der Waals surface area contributed by atoms with Gasteiger partial charge in [0, 0.05) is 6.04 Å². The summed E-state index contributed by atoms with van der Waals surface area (Å²) in [5, 5.41) is 12.8. The largest absolute Gasteiger partial charge is 0.480 e. The Morgan fingerprint density at radius 1 is 1.13 bits per heavy atom. The molecule has 2 aromatic rings. The fourth-order valence-corrected chi connectivity index (χ4v) is 3.22. The topological polar surface area (TPSA) is 49.3 Å². The van der Waals surface area contributed by atoms with Gasteiger partial charge in [-0.2, -0.15) is 0 Å². The Morgan fingerprint density at radius 3 is 2.39 bits per heavy atom. The molecule has 2 aromatic carbocycles. The highest BCUT2D eigenvalue weighted by atomic mass is 16.4. The minimum absolute atomic E-state index is 0.297. The number of nitrogens with one attached hydrogen (secondary N) is 1. The molecule has 0 unspecified atom stereocenters. The van der Waals surface area contributed by atoms with Crippen LogP contribution in [0, 0.1) is 6.92 Å². The van der Waals surface area contributed by atoms with Gasteiger partial charge in [0.15, 0.2) is 0 Å². The Labute approximate surface area is 137 Å². The maximum atomic E-state index is 11.5. The van der Waals surface area contributed by atoms with Crippen LogP contribution in [-0.2, 0) is 11.2 Å². The molecule has 0 heterocycles. The number of aliphatic carboxylic acids is 1. The van der Waals surface area contributed by atoms with Gasteiger partial charge in [-0.25, -0.2) is 0 Å². The van der Waals surface area contributed by atoms with Crippen molar-refractivity contribution in [2.45, 2.75) is 44.2 Å². The third kappa shape index (κ3) is 3.99. The molecule has 0 spiro atoms. The van der Waals surface area contributed by atoms with Crippen LogP contribution in [-0.4, -0.2) is 23.2 Å². The Bertz CT molecular complexity index is 645. The van der Waals surface area contributed by atoms with Crippen molar-refractivity contribution in [2.24, 2.45) is 0 Å². The summed E-state index contributed by atoms with van der Waals surface area (Å²) >= 11 is 0. The molecule has 3 rings (SSSR count). The van der Waals surface area contributed by atoms with Gasteiger partial charge in [-0.3, -0.25) is 4.79 Å². The van der Waals surface area contributed by atoms with E-state index in [1.807, 2.05) is 30.3 Å². The van der Waals surface area contributed by atoms with Crippen molar-refractivity contribution in [3.05, 3.63) is 71.3 Å². The highest BCUT2D eigenvalue weighted by molar-refractivity contribution is 5.74. The van der Waals surface area contributed by atoms with E-state index < -0.39 is 12.0 Å². The molecule has 0 bridgehead atoms. The van der Waals surface area contributed by atoms with Gasteiger partial charge >= 0.3 is 5.97 Å². The van der Waals surface area contributed by atoms with E-state index in [-0.39, 0.29) is 0 Å². The molecule has 0 saturated heterocycles. The number of carboxylic acids is 1. The number of hydrogen-bond acceptors (Lipinski definition) is 2. The van der Waals surface area contributed by atoms with Crippen LogP contribution in [0.4, 0.5) is 0 Å². The highest BCUT2D eigenvalue weighted by Crippen LogP contribution is 2.37. The zero-order valence-corrected chi connectivity index (χ0v) is 13.4. The van der Waals surface area contributed by atoms with Gasteiger partial charge in [0.1, 0.15) is 6.04 Å². The normalized spacial score (nSPS) is 21.4. The number of carboxylic acid groups (broad SMARTS) is 1. The molecule has 120 valence electrons. The second kappa shape index (κ2) is 6.97. The lowest BCUT2D eigenvalue weighted by Crippen LogP contribution is -2.49. The summed E-state index contributed by atoms with van der Waals surface area (Å²) in [7, 11) is 0. The van der Waals surface area contributed by atoms with Crippen molar-refractivity contribution >= 4 is 5.97 Å². The van der Waals surface area contributed by atoms with Crippen LogP contribution in [0.2, 0.25) is 0 Å². The maximum Gasteiger partial charge on any atom is 0.321 e. The third-order valence-corrected chi connectivity index (χ3v) is 4.70. The van der Waals surface area contributed by atoms with Crippen molar-refractivity contribution < 1.29 is 9.90 Å². The zero-order valence-electron chi connectivity index (χ0n) is 13.4. The molecule has 0 aromatic heterocycles. The summed E-state index contributed by atoms with van der Waals surface area (Å²) in [6.07, 6.45) is 2.56. The zero-order chi connectivity index (χ0) is 16.2. The lowest BCUT2D eigenvalue weighted by molar-refractivity contribution is -0.139. The molecule has 0 radical (unpaired) electrons. The van der Waals surface area contributed by atoms with Crippen molar-refractivity contribution in [1.29, 1.82) is 0 Å². The first-order valence-corrected chi connectivity index (χ1v) is 8.21. The molecule has 1 aliphatic rings. The van der Waals surface area contributed by atoms with Crippen LogP contribution in [0.25, 0.3) is 0 Å². The summed E-state index contributed by atoms with van der Waals surface area (Å²) in [4.78, 5) is 11.5. The van der Waals surface area contributed by atoms with E-state index in [2.05, 4.69) is 36.5 Å². The van der Waals surface area contributed by atoms with Gasteiger partial charge in [-0.05, 0) is 43.2 Å². The van der Waals surface area contributed by atoms with Gasteiger partial charge in [0.2, 0.25) is 0 Å². The first-order chi connectivity index (χ1) is 11.1. The molecule has 0 amide bonds. The Kier molecular flexibility index (Phi) is 4.77. The van der Waals surface area contributed by atoms with Crippen LogP contribution in [0.5, 0.6) is 0 Å². The standard InChI is InChI=1S/C20H23NO2/c1-14-7-9-16(10-8-14)17-12-18(13-17)21-19(20(22)23)11-15-5-3-2-4-6-15/h2-10,17-19,21H,11-13H2,1H3,(H,22,23)/t17?,18?,19-/m1/s1. The van der Waals surface area contributed by atoms with Crippen LogP contribution >= 0.6 is 0 Å². The van der Waals surface area contributed by atoms with Gasteiger partial charge < -0.3 is 10.4 Å². The minimum atomic E-state index is -0.771. The highest BCUT2D eigenvalue weighted by Gasteiger charge is 2.33. The van der Waals surface area contributed by atoms with Gasteiger partial charge in [0.05, 0.1) is 0 Å². The number of rotatable bonds is 6. The van der Waals surface area contributed by atoms with E-state index >= 15 is 0 Å². The summed E-state index contributed by atoms with van der Waals surface area (Å²) < 4.78 is 0. The number of benzene rings is 2. The predicted octanol–water partition coefficient (Wildman–Crippen LogP) is 3.53. The van der Waals surface area contributed by atoms with Gasteiger partial charge in [-0.1, -0.05) is 60.2 Å². The van der Waals surface area contributed by atoms with Crippen molar-refractivity contribution in [3.63, 3.8) is 0 Å². The van der Waals surface area contributed by atoms with E-state index in [1.54, 1.807) is 0 Å². The average Bonchev–Trinajstić information content (AvgIpc) is 2.51. The fraction of sp³-hybridized carbons (Fsp3) is 0.350. The quantitative estimate of drug-likeness (QED) is 0.858. The van der Waals surface area contributed by atoms with Crippen LogP contribution in [0.1, 0.15) is 35.4 Å². The Balaban J connectivity index is 1.54. The second-order valence-corrected chi connectivity index (χ2v) is 6.52. The van der Waals surface area contributed by atoms with Crippen molar-refractivity contribution in [2.75, 3.05) is 0 Å². The van der Waals surface area contributed by atoms with E-state index in [9.17, 15) is 9.90 Å². The molecule has 23 heavy (non-hydrogen) atoms. The Morgan fingerprint density at radius 2 is 1.78 bits per heavy atom. The molecular formula is C20H23NO2. The average molecular weight is 309 g/mol. The first-order valence-electron chi connectivity index (χ1n) is 8.21. The molecule has 1 aliphatic carbocycles. The SMILES string of the molecule is Cc1ccc(C2CC(N[C@H](Cc3ccccc3)C(=O)O)C2)cc1. The Hall–Kier alpha value is -2.13. The van der Waals surface area contributed by atoms with E-state index in [0.717, 1.165) is 18.4 Å². The first kappa shape index (κ1) is 15.8. The van der Waals surface area contributed by atoms with Gasteiger partial charge in [0.25, 0.3) is 0 Å². The van der Waals surface area contributed by atoms with Crippen LogP contribution in [0.3, 0.4) is 0 Å². The van der Waals surface area contributed by atoms with E-state index in [0.29, 0.717) is 18.4 Å². The van der Waals surface area contributed by atoms with Crippen LogP contribution in [0.15, 0.2) is 54.6 Å². The third-order valence-electron chi connectivity index (χ3n) is 4.70. The molecule has 1 saturated carbocycles. The molecule has 0 aliphatic heterocycles. The molecule has 3 heteroatoms. The lowest BCUT2D eigenvalue weighted by atomic mass is 9.75. The predicted molar refractivity (Wildman–Crippen MR) is 91.6 cm³/mol. The summed E-state index contributed by atoms with van der Waals surface area (Å²) in [5.74, 6) is -0.216. The molecule has 1 atom stereocenters. The van der Waals surface area contributed by atoms with Crippen molar-refractivity contribution in [1.82, 2.24) is 5.32 Å². The summed E-state index contributed by atoms with van der Waals surface area (Å²) in [6, 6.07) is 18.3. The maximum absolute atomic E-state index is 11.5. The number of carbonyl (C=O) groups is 1. The molecule has 3 nitrogen and oxygen atoms in total. The summed E-state index contributed by atoms with van der Waals surface area (Å²) in [5.41, 5.74) is 3.70. The van der Waals surface area contributed by atoms with Crippen molar-refractivity contribution in [3.8, 4) is 0 Å². The number of aryl methyl sites for hydroxylation is 1. The van der Waals surface area contributed by atoms with E-state index in [1.165, 1.54) is 11.1 Å².